The van der Waals surface area contributed by atoms with Crippen molar-refractivity contribution in [3.05, 3.63) is 72.1 Å². The number of nitrogens with zero attached hydrogens (tertiary/aromatic N) is 9. The molecule has 0 bridgehead atoms. The van der Waals surface area contributed by atoms with Crippen molar-refractivity contribution < 1.29 is 23.9 Å². The highest BCUT2D eigenvalue weighted by molar-refractivity contribution is 5.90. The third-order valence-corrected chi connectivity index (χ3v) is 10.7. The second-order valence-corrected chi connectivity index (χ2v) is 17.9. The molecule has 4 aromatic rings. The summed E-state index contributed by atoms with van der Waals surface area (Å²) in [4.78, 5) is 57.2. The van der Waals surface area contributed by atoms with Crippen LogP contribution >= 0.6 is 0 Å². The molecule has 2 aromatic heterocycles. The van der Waals surface area contributed by atoms with E-state index in [1.807, 2.05) is 112 Å². The van der Waals surface area contributed by atoms with E-state index in [0.717, 1.165) is 53.7 Å². The molecule has 324 valence electrons. The van der Waals surface area contributed by atoms with Gasteiger partial charge in [0.1, 0.15) is 22.7 Å². The van der Waals surface area contributed by atoms with Gasteiger partial charge in [0, 0.05) is 63.8 Å². The number of ether oxygens (including phenoxy) is 2. The van der Waals surface area contributed by atoms with E-state index in [1.165, 1.54) is 6.42 Å². The summed E-state index contributed by atoms with van der Waals surface area (Å²) >= 11 is 0. The van der Waals surface area contributed by atoms with Gasteiger partial charge in [0.25, 0.3) is 0 Å². The lowest BCUT2D eigenvalue weighted by molar-refractivity contribution is -0.130. The summed E-state index contributed by atoms with van der Waals surface area (Å²) in [5.41, 5.74) is 1.36. The van der Waals surface area contributed by atoms with Crippen molar-refractivity contribution in [3.63, 3.8) is 0 Å². The molecule has 1 aliphatic carbocycles. The third-order valence-electron chi connectivity index (χ3n) is 10.7. The number of piperazine rings is 1. The van der Waals surface area contributed by atoms with Gasteiger partial charge >= 0.3 is 12.2 Å². The van der Waals surface area contributed by atoms with Gasteiger partial charge in [-0.15, -0.1) is 5.10 Å². The first-order valence-electron chi connectivity index (χ1n) is 21.6. The first-order valence-corrected chi connectivity index (χ1v) is 21.6. The van der Waals surface area contributed by atoms with Crippen LogP contribution in [0.15, 0.2) is 60.8 Å². The Morgan fingerprint density at radius 2 is 1.45 bits per heavy atom. The van der Waals surface area contributed by atoms with Gasteiger partial charge in [0.15, 0.2) is 0 Å². The molecule has 60 heavy (non-hydrogen) atoms. The van der Waals surface area contributed by atoms with E-state index >= 15 is 0 Å². The second-order valence-electron chi connectivity index (χ2n) is 17.9. The number of carbonyl (C=O) groups excluding carboxylic acids is 3. The van der Waals surface area contributed by atoms with Crippen molar-refractivity contribution in [2.75, 3.05) is 56.0 Å². The van der Waals surface area contributed by atoms with Crippen LogP contribution in [0.3, 0.4) is 0 Å². The third kappa shape index (κ3) is 13.0. The van der Waals surface area contributed by atoms with Gasteiger partial charge in [0.2, 0.25) is 11.9 Å². The molecule has 0 spiro atoms. The van der Waals surface area contributed by atoms with Crippen LogP contribution in [0, 0.1) is 0 Å². The minimum atomic E-state index is -0.638. The summed E-state index contributed by atoms with van der Waals surface area (Å²) in [5.74, 6) is 1.46. The van der Waals surface area contributed by atoms with Crippen molar-refractivity contribution >= 4 is 40.8 Å². The molecular formula is C45H64N10O5. The molecule has 2 aromatic carbocycles. The number of nitrogens with one attached hydrogen (secondary N) is 1. The SMILES string of the molecule is CC(C)(C)OC(=O)N(CCCN(C(=O)OC(C)(C)C)C1CCCCC1)CCCn1cc(CNc2nc(N3CCN(C(=O)Cc4ccccc4)CC3)c3ccccc3n2)nn1. The predicted molar refractivity (Wildman–Crippen MR) is 233 cm³/mol. The maximum atomic E-state index is 13.4. The number of hydrogen-bond donors (Lipinski definition) is 1. The number of hydrogen-bond acceptors (Lipinski definition) is 11. The summed E-state index contributed by atoms with van der Waals surface area (Å²) in [6, 6.07) is 18.0. The number of rotatable bonds is 15. The van der Waals surface area contributed by atoms with E-state index in [0.29, 0.717) is 84.1 Å². The van der Waals surface area contributed by atoms with Gasteiger partial charge in [0.05, 0.1) is 24.7 Å². The predicted octanol–water partition coefficient (Wildman–Crippen LogP) is 7.31. The van der Waals surface area contributed by atoms with Crippen molar-refractivity contribution in [2.45, 2.75) is 123 Å². The molecule has 3 amide bonds. The number of carbonyl (C=O) groups is 3. The van der Waals surface area contributed by atoms with Gasteiger partial charge in [-0.3, -0.25) is 9.48 Å². The highest BCUT2D eigenvalue weighted by Crippen LogP contribution is 2.27. The average molecular weight is 825 g/mol. The molecule has 1 aliphatic heterocycles. The minimum absolute atomic E-state index is 0.136. The number of fused-ring (bicyclic) bond motifs is 1. The van der Waals surface area contributed by atoms with Crippen molar-refractivity contribution in [2.24, 2.45) is 0 Å². The topological polar surface area (TPSA) is 151 Å². The number of aryl methyl sites for hydroxylation is 1. The van der Waals surface area contributed by atoms with Crippen LogP contribution in [0.4, 0.5) is 21.4 Å². The van der Waals surface area contributed by atoms with E-state index in [4.69, 9.17) is 19.4 Å². The maximum absolute atomic E-state index is 13.4. The average Bonchev–Trinajstić information content (AvgIpc) is 3.67. The molecule has 1 saturated heterocycles. The molecule has 15 nitrogen and oxygen atoms in total. The van der Waals surface area contributed by atoms with Crippen LogP contribution in [0.2, 0.25) is 0 Å². The zero-order chi connectivity index (χ0) is 42.7. The molecular weight excluding hydrogens is 761 g/mol. The Morgan fingerprint density at radius 1 is 0.783 bits per heavy atom. The number of amides is 3. The van der Waals surface area contributed by atoms with E-state index in [2.05, 4.69) is 20.5 Å². The summed E-state index contributed by atoms with van der Waals surface area (Å²) in [6.45, 7) is 16.2. The Hall–Kier alpha value is -5.47. The summed E-state index contributed by atoms with van der Waals surface area (Å²) in [5, 5.41) is 13.1. The number of anilines is 2. The molecule has 2 fully saturated rings. The molecule has 1 saturated carbocycles. The smallest absolute Gasteiger partial charge is 0.410 e. The molecule has 0 unspecified atom stereocenters. The van der Waals surface area contributed by atoms with Crippen molar-refractivity contribution in [1.29, 1.82) is 0 Å². The van der Waals surface area contributed by atoms with E-state index in [1.54, 1.807) is 9.58 Å². The fourth-order valence-corrected chi connectivity index (χ4v) is 7.74. The van der Waals surface area contributed by atoms with Gasteiger partial charge in [-0.25, -0.2) is 14.6 Å². The maximum Gasteiger partial charge on any atom is 0.410 e. The number of para-hydroxylation sites is 1. The van der Waals surface area contributed by atoms with Crippen LogP contribution in [0.25, 0.3) is 10.9 Å². The first kappa shape index (κ1) is 44.1. The van der Waals surface area contributed by atoms with Gasteiger partial charge in [-0.1, -0.05) is 66.9 Å². The monoisotopic (exact) mass is 825 g/mol. The highest BCUT2D eigenvalue weighted by Gasteiger charge is 2.30. The van der Waals surface area contributed by atoms with Crippen LogP contribution in [0.1, 0.15) is 97.7 Å². The summed E-state index contributed by atoms with van der Waals surface area (Å²) in [6.07, 6.45) is 8.21. The zero-order valence-electron chi connectivity index (χ0n) is 36.4. The van der Waals surface area contributed by atoms with E-state index < -0.39 is 11.2 Å². The molecule has 0 radical (unpaired) electrons. The van der Waals surface area contributed by atoms with Crippen molar-refractivity contribution in [3.8, 4) is 0 Å². The minimum Gasteiger partial charge on any atom is -0.444 e. The lowest BCUT2D eigenvalue weighted by atomic mass is 9.94. The zero-order valence-corrected chi connectivity index (χ0v) is 36.4. The Kier molecular flexibility index (Phi) is 14.8. The molecule has 3 heterocycles. The largest absolute Gasteiger partial charge is 0.444 e. The quantitative estimate of drug-likeness (QED) is 0.129. The number of benzene rings is 2. The Balaban J connectivity index is 1.02. The Labute approximate surface area is 354 Å². The van der Waals surface area contributed by atoms with Crippen LogP contribution in [-0.2, 0) is 33.8 Å². The van der Waals surface area contributed by atoms with Gasteiger partial charge < -0.3 is 34.4 Å². The van der Waals surface area contributed by atoms with Crippen LogP contribution in [-0.4, -0.2) is 121 Å². The lowest BCUT2D eigenvalue weighted by Crippen LogP contribution is -2.49. The molecule has 1 N–H and O–H groups in total. The highest BCUT2D eigenvalue weighted by atomic mass is 16.6. The fraction of sp³-hybridized carbons (Fsp3) is 0.578. The number of aromatic nitrogens is 5. The summed E-state index contributed by atoms with van der Waals surface area (Å²) < 4.78 is 13.4. The lowest BCUT2D eigenvalue weighted by Gasteiger charge is -2.36. The Morgan fingerprint density at radius 3 is 2.17 bits per heavy atom. The van der Waals surface area contributed by atoms with E-state index in [9.17, 15) is 14.4 Å². The molecule has 15 heteroatoms. The van der Waals surface area contributed by atoms with Crippen LogP contribution < -0.4 is 10.2 Å². The normalized spacial score (nSPS) is 15.2. The molecule has 6 rings (SSSR count). The molecule has 0 atom stereocenters. The fourth-order valence-electron chi connectivity index (χ4n) is 7.74. The Bertz CT molecular complexity index is 2010. The molecule has 2 aliphatic rings. The van der Waals surface area contributed by atoms with Crippen LogP contribution in [0.5, 0.6) is 0 Å². The summed E-state index contributed by atoms with van der Waals surface area (Å²) in [7, 11) is 0. The van der Waals surface area contributed by atoms with Gasteiger partial charge in [-0.2, -0.15) is 4.98 Å². The van der Waals surface area contributed by atoms with Crippen molar-refractivity contribution in [1.82, 2.24) is 39.7 Å². The first-order chi connectivity index (χ1) is 28.7. The standard InChI is InChI=1S/C45H64N10O5/c1-44(2,3)59-42(57)53(24-16-26-55(36-19-11-8-12-20-36)43(58)60-45(4,5)6)23-15-25-54-33-35(49-50-54)32-46-41-47-38-22-14-13-21-37(38)40(48-41)52-29-27-51(28-30-52)39(56)31-34-17-9-7-10-18-34/h7,9-10,13-14,17-18,21-22,33,36H,8,11-12,15-16,19-20,23-32H2,1-6H3,(H,46,47,48). The van der Waals surface area contributed by atoms with Gasteiger partial charge in [-0.05, 0) is 84.9 Å². The second kappa shape index (κ2) is 20.2. The van der Waals surface area contributed by atoms with E-state index in [-0.39, 0.29) is 24.1 Å².